The average Bonchev–Trinajstić information content (AvgIpc) is 2.44. The minimum absolute atomic E-state index is 0.263. The Hall–Kier alpha value is -1.71. The van der Waals surface area contributed by atoms with Gasteiger partial charge in [-0.3, -0.25) is 14.4 Å². The summed E-state index contributed by atoms with van der Waals surface area (Å²) in [6.45, 7) is 3.45. The van der Waals surface area contributed by atoms with Crippen LogP contribution in [-0.4, -0.2) is 72.5 Å². The summed E-state index contributed by atoms with van der Waals surface area (Å²) < 4.78 is 0. The van der Waals surface area contributed by atoms with E-state index in [1.165, 1.54) is 0 Å². The topological polar surface area (TPSA) is 148 Å². The van der Waals surface area contributed by atoms with Crippen molar-refractivity contribution in [3.63, 3.8) is 0 Å². The smallest absolute Gasteiger partial charge is 0.303 e. The molecule has 9 nitrogen and oxygen atoms in total. The molecule has 1 atom stereocenters. The SMILES string of the molecule is O=C(O)CC1CNCCNCCNCCC1(CC(=O)O)CC(=O)O. The van der Waals surface area contributed by atoms with Gasteiger partial charge in [0.2, 0.25) is 0 Å². The molecule has 6 N–H and O–H groups in total. The van der Waals surface area contributed by atoms with Crippen LogP contribution in [0.5, 0.6) is 0 Å². The van der Waals surface area contributed by atoms with E-state index in [4.69, 9.17) is 0 Å². The first-order valence-corrected chi connectivity index (χ1v) is 8.13. The van der Waals surface area contributed by atoms with Crippen molar-refractivity contribution >= 4 is 17.9 Å². The molecule has 1 fully saturated rings. The van der Waals surface area contributed by atoms with Gasteiger partial charge in [-0.2, -0.15) is 0 Å². The Labute approximate surface area is 140 Å². The minimum Gasteiger partial charge on any atom is -0.481 e. The van der Waals surface area contributed by atoms with Gasteiger partial charge < -0.3 is 31.3 Å². The lowest BCUT2D eigenvalue weighted by Gasteiger charge is -2.39. The summed E-state index contributed by atoms with van der Waals surface area (Å²) in [7, 11) is 0. The van der Waals surface area contributed by atoms with E-state index in [1.807, 2.05) is 0 Å². The van der Waals surface area contributed by atoms with Crippen LogP contribution < -0.4 is 16.0 Å². The number of carbonyl (C=O) groups is 3. The molecule has 1 aliphatic rings. The molecule has 138 valence electrons. The van der Waals surface area contributed by atoms with Crippen LogP contribution in [0, 0.1) is 11.3 Å². The molecule has 0 bridgehead atoms. The molecule has 1 rings (SSSR count). The highest BCUT2D eigenvalue weighted by molar-refractivity contribution is 5.73. The van der Waals surface area contributed by atoms with Crippen LogP contribution >= 0.6 is 0 Å². The van der Waals surface area contributed by atoms with Crippen LogP contribution in [0.25, 0.3) is 0 Å². The Balaban J connectivity index is 3.09. The third-order valence-electron chi connectivity index (χ3n) is 4.44. The van der Waals surface area contributed by atoms with Gasteiger partial charge in [0, 0.05) is 32.6 Å². The molecule has 1 unspecified atom stereocenters. The number of nitrogens with one attached hydrogen (secondary N) is 3. The van der Waals surface area contributed by atoms with Crippen molar-refractivity contribution in [2.24, 2.45) is 11.3 Å². The van der Waals surface area contributed by atoms with E-state index in [1.54, 1.807) is 0 Å². The van der Waals surface area contributed by atoms with Gasteiger partial charge in [-0.15, -0.1) is 0 Å². The van der Waals surface area contributed by atoms with Crippen molar-refractivity contribution in [2.45, 2.75) is 25.7 Å². The summed E-state index contributed by atoms with van der Waals surface area (Å²) >= 11 is 0. The molecule has 0 radical (unpaired) electrons. The van der Waals surface area contributed by atoms with Crippen molar-refractivity contribution in [3.8, 4) is 0 Å². The normalized spacial score (nSPS) is 22.8. The highest BCUT2D eigenvalue weighted by atomic mass is 16.4. The van der Waals surface area contributed by atoms with Crippen LogP contribution in [0.3, 0.4) is 0 Å². The maximum atomic E-state index is 11.4. The number of hydrogen-bond acceptors (Lipinski definition) is 6. The lowest BCUT2D eigenvalue weighted by molar-refractivity contribution is -0.149. The molecule has 0 aliphatic carbocycles. The zero-order chi connectivity index (χ0) is 18.0. The second kappa shape index (κ2) is 10.2. The standard InChI is InChI=1S/C15H27N3O6/c19-12(20)7-11-10-18-6-5-17-4-3-16-2-1-15(11,8-13(21)22)9-14(23)24/h11,16-18H,1-10H2,(H,19,20)(H,21,22)(H,23,24). The number of carboxylic acids is 3. The van der Waals surface area contributed by atoms with E-state index in [9.17, 15) is 29.7 Å². The predicted octanol–water partition coefficient (Wildman–Crippen LogP) is -0.814. The highest BCUT2D eigenvalue weighted by Gasteiger charge is 2.43. The third kappa shape index (κ3) is 7.24. The van der Waals surface area contributed by atoms with Crippen LogP contribution in [0.4, 0.5) is 0 Å². The first-order chi connectivity index (χ1) is 11.4. The van der Waals surface area contributed by atoms with Crippen LogP contribution in [0.15, 0.2) is 0 Å². The molecule has 0 aromatic heterocycles. The third-order valence-corrected chi connectivity index (χ3v) is 4.44. The summed E-state index contributed by atoms with van der Waals surface area (Å²) in [6, 6.07) is 0. The van der Waals surface area contributed by atoms with Crippen molar-refractivity contribution in [2.75, 3.05) is 39.3 Å². The second-order valence-corrected chi connectivity index (χ2v) is 6.25. The fourth-order valence-corrected chi connectivity index (χ4v) is 3.27. The quantitative estimate of drug-likeness (QED) is 0.363. The Morgan fingerprint density at radius 3 is 1.79 bits per heavy atom. The molecule has 1 aliphatic heterocycles. The summed E-state index contributed by atoms with van der Waals surface area (Å²) in [5.74, 6) is -3.86. The Kier molecular flexibility index (Phi) is 8.66. The van der Waals surface area contributed by atoms with Crippen molar-refractivity contribution < 1.29 is 29.7 Å². The molecule has 0 aromatic rings. The Morgan fingerprint density at radius 2 is 1.29 bits per heavy atom. The molecule has 0 spiro atoms. The lowest BCUT2D eigenvalue weighted by atomic mass is 9.66. The first kappa shape index (κ1) is 20.3. The summed E-state index contributed by atoms with van der Waals surface area (Å²) in [5, 5.41) is 37.3. The van der Waals surface area contributed by atoms with Gasteiger partial charge in [-0.1, -0.05) is 0 Å². The van der Waals surface area contributed by atoms with Gasteiger partial charge in [0.25, 0.3) is 0 Å². The van der Waals surface area contributed by atoms with E-state index in [-0.39, 0.29) is 25.8 Å². The molecule has 0 saturated carbocycles. The van der Waals surface area contributed by atoms with Crippen LogP contribution in [0.1, 0.15) is 25.7 Å². The predicted molar refractivity (Wildman–Crippen MR) is 85.9 cm³/mol. The number of rotatable bonds is 6. The van der Waals surface area contributed by atoms with Crippen LogP contribution in [0.2, 0.25) is 0 Å². The number of aliphatic carboxylic acids is 3. The Morgan fingerprint density at radius 1 is 0.792 bits per heavy atom. The van der Waals surface area contributed by atoms with Gasteiger partial charge in [-0.25, -0.2) is 0 Å². The Bertz CT molecular complexity index is 427. The molecule has 1 heterocycles. The monoisotopic (exact) mass is 345 g/mol. The van der Waals surface area contributed by atoms with E-state index in [0.717, 1.165) is 6.54 Å². The molecular weight excluding hydrogens is 318 g/mol. The van der Waals surface area contributed by atoms with Gasteiger partial charge in [-0.05, 0) is 30.8 Å². The maximum absolute atomic E-state index is 11.4. The molecule has 0 amide bonds. The first-order valence-electron chi connectivity index (χ1n) is 8.13. The average molecular weight is 345 g/mol. The maximum Gasteiger partial charge on any atom is 0.303 e. The van der Waals surface area contributed by atoms with Crippen molar-refractivity contribution in [3.05, 3.63) is 0 Å². The fraction of sp³-hybridized carbons (Fsp3) is 0.800. The second-order valence-electron chi connectivity index (χ2n) is 6.25. The summed E-state index contributed by atoms with van der Waals surface area (Å²) in [5.41, 5.74) is -1.11. The van der Waals surface area contributed by atoms with Crippen LogP contribution in [-0.2, 0) is 14.4 Å². The molecular formula is C15H27N3O6. The zero-order valence-corrected chi connectivity index (χ0v) is 13.7. The number of carboxylic acid groups (broad SMARTS) is 3. The van der Waals surface area contributed by atoms with Gasteiger partial charge >= 0.3 is 17.9 Å². The van der Waals surface area contributed by atoms with Gasteiger partial charge in [0.05, 0.1) is 12.8 Å². The van der Waals surface area contributed by atoms with E-state index >= 15 is 0 Å². The lowest BCUT2D eigenvalue weighted by Crippen LogP contribution is -2.46. The van der Waals surface area contributed by atoms with E-state index < -0.39 is 29.2 Å². The van der Waals surface area contributed by atoms with E-state index in [0.29, 0.717) is 32.6 Å². The molecule has 9 heteroatoms. The summed E-state index contributed by atoms with van der Waals surface area (Å²) in [4.78, 5) is 34.0. The molecule has 24 heavy (non-hydrogen) atoms. The minimum atomic E-state index is -1.11. The van der Waals surface area contributed by atoms with E-state index in [2.05, 4.69) is 16.0 Å². The molecule has 0 aromatic carbocycles. The molecule has 1 saturated heterocycles. The number of hydrogen-bond donors (Lipinski definition) is 6. The largest absolute Gasteiger partial charge is 0.481 e. The highest BCUT2D eigenvalue weighted by Crippen LogP contribution is 2.41. The fourth-order valence-electron chi connectivity index (χ4n) is 3.27. The van der Waals surface area contributed by atoms with Gasteiger partial charge in [0.1, 0.15) is 0 Å². The zero-order valence-electron chi connectivity index (χ0n) is 13.7. The van der Waals surface area contributed by atoms with Crippen molar-refractivity contribution in [1.29, 1.82) is 0 Å². The van der Waals surface area contributed by atoms with Crippen molar-refractivity contribution in [1.82, 2.24) is 16.0 Å². The van der Waals surface area contributed by atoms with Gasteiger partial charge in [0.15, 0.2) is 0 Å². The summed E-state index contributed by atoms with van der Waals surface area (Å²) in [6.07, 6.45) is -0.691.